The summed E-state index contributed by atoms with van der Waals surface area (Å²) in [7, 11) is 0. The van der Waals surface area contributed by atoms with Crippen LogP contribution in [-0.4, -0.2) is 21.3 Å². The number of carbonyl (C=O) groups is 1. The van der Waals surface area contributed by atoms with Crippen LogP contribution in [0.25, 0.3) is 0 Å². The molecule has 1 heterocycles. The summed E-state index contributed by atoms with van der Waals surface area (Å²) in [4.78, 5) is 10.4. The zero-order valence-corrected chi connectivity index (χ0v) is 6.52. The molecule has 0 amide bonds. The van der Waals surface area contributed by atoms with Crippen molar-refractivity contribution >= 4 is 5.97 Å². The van der Waals surface area contributed by atoms with Crippen molar-refractivity contribution in [2.75, 3.05) is 0 Å². The number of aliphatic carboxylic acids is 1. The molecule has 1 aromatic heterocycles. The van der Waals surface area contributed by atoms with Gasteiger partial charge in [0.2, 0.25) is 11.8 Å². The van der Waals surface area contributed by atoms with Gasteiger partial charge < -0.3 is 15.3 Å². The van der Waals surface area contributed by atoms with Crippen LogP contribution in [0.2, 0.25) is 0 Å². The van der Waals surface area contributed by atoms with E-state index in [-0.39, 0.29) is 18.3 Å². The van der Waals surface area contributed by atoms with Crippen molar-refractivity contribution < 1.29 is 14.3 Å². The topological polar surface area (TPSA) is 102 Å². The first-order valence-electron chi connectivity index (χ1n) is 3.40. The zero-order valence-electron chi connectivity index (χ0n) is 6.52. The van der Waals surface area contributed by atoms with Crippen LogP contribution in [0, 0.1) is 0 Å². The number of rotatable bonds is 3. The molecule has 1 unspecified atom stereocenters. The van der Waals surface area contributed by atoms with E-state index in [0.717, 1.165) is 0 Å². The molecule has 0 aromatic carbocycles. The predicted molar refractivity (Wildman–Crippen MR) is 38.2 cm³/mol. The van der Waals surface area contributed by atoms with Crippen LogP contribution < -0.4 is 5.73 Å². The Hall–Kier alpha value is -1.43. The molecule has 0 saturated carbocycles. The molecule has 0 aliphatic rings. The second-order valence-corrected chi connectivity index (χ2v) is 2.30. The lowest BCUT2D eigenvalue weighted by Gasteiger charge is -1.96. The molecule has 1 aromatic rings. The standard InChI is InChI=1S/C6H9N3O3/c1-3(6(10)11)5-9-8-4(2-7)12-5/h3H,2,7H2,1H3,(H,10,11). The molecule has 66 valence electrons. The van der Waals surface area contributed by atoms with Crippen LogP contribution in [0.1, 0.15) is 24.6 Å². The highest BCUT2D eigenvalue weighted by atomic mass is 16.4. The van der Waals surface area contributed by atoms with E-state index >= 15 is 0 Å². The molecule has 3 N–H and O–H groups in total. The molecular formula is C6H9N3O3. The van der Waals surface area contributed by atoms with Crippen molar-refractivity contribution in [1.82, 2.24) is 10.2 Å². The molecule has 6 heteroatoms. The number of hydrogen-bond acceptors (Lipinski definition) is 5. The van der Waals surface area contributed by atoms with Gasteiger partial charge in [-0.2, -0.15) is 0 Å². The van der Waals surface area contributed by atoms with Crippen molar-refractivity contribution in [3.63, 3.8) is 0 Å². The number of nitrogens with two attached hydrogens (primary N) is 1. The predicted octanol–water partition coefficient (Wildman–Crippen LogP) is -0.284. The number of carboxylic acid groups (broad SMARTS) is 1. The molecule has 0 aliphatic carbocycles. The first-order chi connectivity index (χ1) is 5.65. The monoisotopic (exact) mass is 171 g/mol. The van der Waals surface area contributed by atoms with E-state index in [1.165, 1.54) is 6.92 Å². The fourth-order valence-corrected chi connectivity index (χ4v) is 0.630. The van der Waals surface area contributed by atoms with Gasteiger partial charge in [-0.15, -0.1) is 10.2 Å². The molecule has 0 radical (unpaired) electrons. The van der Waals surface area contributed by atoms with Crippen molar-refractivity contribution in [2.24, 2.45) is 5.73 Å². The van der Waals surface area contributed by atoms with E-state index in [9.17, 15) is 4.79 Å². The molecule has 0 saturated heterocycles. The van der Waals surface area contributed by atoms with Crippen molar-refractivity contribution in [2.45, 2.75) is 19.4 Å². The average molecular weight is 171 g/mol. The summed E-state index contributed by atoms with van der Waals surface area (Å²) in [6, 6.07) is 0. The minimum atomic E-state index is -0.998. The minimum Gasteiger partial charge on any atom is -0.481 e. The normalized spacial score (nSPS) is 12.8. The van der Waals surface area contributed by atoms with Crippen LogP contribution in [0.5, 0.6) is 0 Å². The number of aromatic nitrogens is 2. The Morgan fingerprint density at radius 2 is 2.42 bits per heavy atom. The maximum atomic E-state index is 10.4. The van der Waals surface area contributed by atoms with Gasteiger partial charge in [0.15, 0.2) is 0 Å². The second-order valence-electron chi connectivity index (χ2n) is 2.30. The highest BCUT2D eigenvalue weighted by molar-refractivity contribution is 5.73. The Labute approximate surface area is 68.4 Å². The van der Waals surface area contributed by atoms with Crippen molar-refractivity contribution in [3.8, 4) is 0 Å². The lowest BCUT2D eigenvalue weighted by Crippen LogP contribution is -2.07. The lowest BCUT2D eigenvalue weighted by molar-refractivity contribution is -0.138. The smallest absolute Gasteiger partial charge is 0.315 e. The molecule has 1 rings (SSSR count). The molecule has 12 heavy (non-hydrogen) atoms. The third kappa shape index (κ3) is 1.59. The van der Waals surface area contributed by atoms with Crippen LogP contribution in [-0.2, 0) is 11.3 Å². The first kappa shape index (κ1) is 8.66. The molecular weight excluding hydrogens is 162 g/mol. The van der Waals surface area contributed by atoms with E-state index in [1.807, 2.05) is 0 Å². The maximum absolute atomic E-state index is 10.4. The summed E-state index contributed by atoms with van der Waals surface area (Å²) in [5.41, 5.74) is 5.20. The van der Waals surface area contributed by atoms with Gasteiger partial charge in [0.05, 0.1) is 6.54 Å². The zero-order chi connectivity index (χ0) is 9.14. The van der Waals surface area contributed by atoms with Gasteiger partial charge in [-0.1, -0.05) is 0 Å². The second kappa shape index (κ2) is 3.31. The van der Waals surface area contributed by atoms with Crippen molar-refractivity contribution in [1.29, 1.82) is 0 Å². The van der Waals surface area contributed by atoms with E-state index in [2.05, 4.69) is 10.2 Å². The van der Waals surface area contributed by atoms with Gasteiger partial charge in [0.1, 0.15) is 5.92 Å². The summed E-state index contributed by atoms with van der Waals surface area (Å²) >= 11 is 0. The Morgan fingerprint density at radius 3 is 2.83 bits per heavy atom. The Bertz CT molecular complexity index is 283. The maximum Gasteiger partial charge on any atom is 0.315 e. The van der Waals surface area contributed by atoms with E-state index < -0.39 is 11.9 Å². The highest BCUT2D eigenvalue weighted by Crippen LogP contribution is 2.12. The third-order valence-electron chi connectivity index (χ3n) is 1.40. The summed E-state index contributed by atoms with van der Waals surface area (Å²) in [5, 5.41) is 15.6. The quantitative estimate of drug-likeness (QED) is 0.648. The lowest BCUT2D eigenvalue weighted by atomic mass is 10.2. The largest absolute Gasteiger partial charge is 0.481 e. The molecule has 0 fully saturated rings. The SMILES string of the molecule is CC(C(=O)O)c1nnc(CN)o1. The van der Waals surface area contributed by atoms with Gasteiger partial charge >= 0.3 is 5.97 Å². The highest BCUT2D eigenvalue weighted by Gasteiger charge is 2.19. The summed E-state index contributed by atoms with van der Waals surface area (Å²) in [6.45, 7) is 1.59. The van der Waals surface area contributed by atoms with Gasteiger partial charge in [-0.05, 0) is 6.92 Å². The number of hydrogen-bond donors (Lipinski definition) is 2. The van der Waals surface area contributed by atoms with Crippen LogP contribution >= 0.6 is 0 Å². The minimum absolute atomic E-state index is 0.0861. The van der Waals surface area contributed by atoms with Gasteiger partial charge in [0.25, 0.3) is 0 Å². The van der Waals surface area contributed by atoms with Crippen LogP contribution in [0.3, 0.4) is 0 Å². The summed E-state index contributed by atoms with van der Waals surface area (Å²) in [6.07, 6.45) is 0. The van der Waals surface area contributed by atoms with Gasteiger partial charge in [-0.3, -0.25) is 4.79 Å². The van der Waals surface area contributed by atoms with E-state index in [1.54, 1.807) is 0 Å². The van der Waals surface area contributed by atoms with Crippen molar-refractivity contribution in [3.05, 3.63) is 11.8 Å². The van der Waals surface area contributed by atoms with E-state index in [0.29, 0.717) is 0 Å². The summed E-state index contributed by atoms with van der Waals surface area (Å²) < 4.78 is 4.93. The number of carboxylic acids is 1. The van der Waals surface area contributed by atoms with Crippen LogP contribution in [0.4, 0.5) is 0 Å². The first-order valence-corrected chi connectivity index (χ1v) is 3.40. The Balaban J connectivity index is 2.81. The van der Waals surface area contributed by atoms with E-state index in [4.69, 9.17) is 15.3 Å². The molecule has 0 aliphatic heterocycles. The van der Waals surface area contributed by atoms with Gasteiger partial charge in [0, 0.05) is 0 Å². The fourth-order valence-electron chi connectivity index (χ4n) is 0.630. The third-order valence-corrected chi connectivity index (χ3v) is 1.40. The molecule has 1 atom stereocenters. The molecule has 0 spiro atoms. The summed E-state index contributed by atoms with van der Waals surface area (Å²) in [5.74, 6) is -1.44. The molecule has 6 nitrogen and oxygen atoms in total. The average Bonchev–Trinajstić information content (AvgIpc) is 2.50. The molecule has 0 bridgehead atoms. The number of nitrogens with zero attached hydrogens (tertiary/aromatic N) is 2. The fraction of sp³-hybridized carbons (Fsp3) is 0.500. The van der Waals surface area contributed by atoms with Crippen LogP contribution in [0.15, 0.2) is 4.42 Å². The van der Waals surface area contributed by atoms with Gasteiger partial charge in [-0.25, -0.2) is 0 Å². The Morgan fingerprint density at radius 1 is 1.75 bits per heavy atom. The Kier molecular flexibility index (Phi) is 2.39.